The number of rotatable bonds is 17. The summed E-state index contributed by atoms with van der Waals surface area (Å²) in [6.45, 7) is 3.04. The van der Waals surface area contributed by atoms with Crippen molar-refractivity contribution in [1.82, 2.24) is 10.6 Å². The summed E-state index contributed by atoms with van der Waals surface area (Å²) in [4.78, 5) is 57.2. The number of carbonyl (C=O) groups excluding carboxylic acids is 4. The molecule has 0 saturated carbocycles. The summed E-state index contributed by atoms with van der Waals surface area (Å²) in [6, 6.07) is 16.5. The quantitative estimate of drug-likeness (QED) is 0.0713. The molecule has 0 aliphatic carbocycles. The van der Waals surface area contributed by atoms with Gasteiger partial charge in [0.15, 0.2) is 23.2 Å². The lowest BCUT2D eigenvalue weighted by atomic mass is 9.77. The van der Waals surface area contributed by atoms with Crippen molar-refractivity contribution < 1.29 is 46.7 Å². The average Bonchev–Trinajstić information content (AvgIpc) is 3.18. The van der Waals surface area contributed by atoms with Gasteiger partial charge in [-0.1, -0.05) is 69.9 Å². The smallest absolute Gasteiger partial charge is 0.266 e. The normalized spacial score (nSPS) is 14.6. The molecular weight excluding hydrogens is 699 g/mol. The van der Waals surface area contributed by atoms with Crippen LogP contribution in [-0.2, 0) is 29.3 Å². The maximum atomic E-state index is 14.6. The Morgan fingerprint density at radius 3 is 2.20 bits per heavy atom. The second-order valence-electron chi connectivity index (χ2n) is 12.1. The number of nitrogens with zero attached hydrogens (tertiary/aromatic N) is 1. The number of phenolic OH excluding ortho intramolecular Hbond substituents is 1. The summed E-state index contributed by atoms with van der Waals surface area (Å²) in [6.07, 6.45) is 3.86. The van der Waals surface area contributed by atoms with E-state index in [9.17, 15) is 32.7 Å². The van der Waals surface area contributed by atoms with Crippen molar-refractivity contribution >= 4 is 56.1 Å². The fraction of sp³-hybridized carbons (Fsp3) is 0.389. The second-order valence-corrected chi connectivity index (χ2v) is 14.8. The minimum atomic E-state index is -4.35. The topological polar surface area (TPSA) is 189 Å². The molecule has 51 heavy (non-hydrogen) atoms. The number of fused-ring (bicyclic) bond motifs is 1. The molecule has 3 aromatic carbocycles. The van der Waals surface area contributed by atoms with E-state index in [1.165, 1.54) is 31.4 Å². The van der Waals surface area contributed by atoms with Gasteiger partial charge in [-0.3, -0.25) is 28.6 Å². The monoisotopic (exact) mass is 742 g/mol. The van der Waals surface area contributed by atoms with E-state index in [0.717, 1.165) is 12.8 Å². The maximum Gasteiger partial charge on any atom is 0.266 e. The Kier molecular flexibility index (Phi) is 13.5. The highest BCUT2D eigenvalue weighted by atomic mass is 32.2. The molecule has 4 rings (SSSR count). The molecular formula is C36H44N3O10S2. The minimum Gasteiger partial charge on any atom is -0.508 e. The first-order chi connectivity index (χ1) is 24.3. The molecule has 13 nitrogen and oxygen atoms in total. The van der Waals surface area contributed by atoms with E-state index in [0.29, 0.717) is 53.7 Å². The van der Waals surface area contributed by atoms with Gasteiger partial charge in [0.25, 0.3) is 16.0 Å². The first-order valence-electron chi connectivity index (χ1n) is 16.6. The molecule has 0 unspecified atom stereocenters. The van der Waals surface area contributed by atoms with E-state index in [1.807, 2.05) is 44.2 Å². The summed E-state index contributed by atoms with van der Waals surface area (Å²) < 4.78 is 42.8. The third-order valence-electron chi connectivity index (χ3n) is 8.49. The Morgan fingerprint density at radius 1 is 0.961 bits per heavy atom. The van der Waals surface area contributed by atoms with Crippen LogP contribution in [0.2, 0.25) is 0 Å². The first kappa shape index (κ1) is 39.2. The Hall–Kier alpha value is -4.60. The number of methoxy groups -OCH3 is 1. The fourth-order valence-corrected chi connectivity index (χ4v) is 7.35. The number of anilines is 2. The molecule has 0 fully saturated rings. The van der Waals surface area contributed by atoms with Crippen LogP contribution in [0, 0.1) is 5.41 Å². The van der Waals surface area contributed by atoms with Crippen molar-refractivity contribution in [3.63, 3.8) is 0 Å². The van der Waals surface area contributed by atoms with Gasteiger partial charge in [-0.15, -0.1) is 11.8 Å². The molecule has 1 atom stereocenters. The lowest BCUT2D eigenvalue weighted by molar-refractivity contribution is -0.136. The number of para-hydroxylation sites is 1. The summed E-state index contributed by atoms with van der Waals surface area (Å²) in [7, 11) is -2.93. The number of ether oxygens (including phenoxy) is 2. The number of benzene rings is 3. The largest absolute Gasteiger partial charge is 0.508 e. The molecule has 0 spiro atoms. The number of phenols is 1. The molecule has 1 aliphatic rings. The van der Waals surface area contributed by atoms with Crippen LogP contribution in [0.5, 0.6) is 17.2 Å². The van der Waals surface area contributed by atoms with Crippen LogP contribution in [-0.4, -0.2) is 66.9 Å². The van der Waals surface area contributed by atoms with Gasteiger partial charge in [0.2, 0.25) is 11.8 Å². The van der Waals surface area contributed by atoms with Gasteiger partial charge in [0.1, 0.15) is 17.2 Å². The minimum absolute atomic E-state index is 0.0764. The molecule has 0 bridgehead atoms. The van der Waals surface area contributed by atoms with E-state index in [2.05, 4.69) is 10.6 Å². The molecule has 3 aromatic rings. The van der Waals surface area contributed by atoms with Crippen molar-refractivity contribution in [3.05, 3.63) is 72.3 Å². The SMILES string of the molecule is CCCCC1(CCCC)C(=O)[SH]c2cc(OCC(=O)N[C@@H](C(=O)NCCS(=O)(=O)O)c3ccc(O)cc3)c(OC)cc2N(c2ccccc2)C1=O. The van der Waals surface area contributed by atoms with E-state index in [4.69, 9.17) is 14.0 Å². The summed E-state index contributed by atoms with van der Waals surface area (Å²) in [5.74, 6) is -2.28. The highest BCUT2D eigenvalue weighted by Crippen LogP contribution is 2.51. The van der Waals surface area contributed by atoms with Crippen LogP contribution in [0.15, 0.2) is 71.6 Å². The van der Waals surface area contributed by atoms with E-state index >= 15 is 0 Å². The van der Waals surface area contributed by atoms with E-state index in [1.54, 1.807) is 17.0 Å². The number of carbonyl (C=O) groups is 4. The summed E-state index contributed by atoms with van der Waals surface area (Å²) in [5.41, 5.74) is 0.0996. The van der Waals surface area contributed by atoms with Gasteiger partial charge in [-0.05, 0) is 48.7 Å². The number of thiol groups is 1. The van der Waals surface area contributed by atoms with E-state index in [-0.39, 0.29) is 33.8 Å². The van der Waals surface area contributed by atoms with Gasteiger partial charge in [0, 0.05) is 23.2 Å². The predicted molar refractivity (Wildman–Crippen MR) is 194 cm³/mol. The number of amides is 3. The number of nitrogens with one attached hydrogen (secondary N) is 2. The van der Waals surface area contributed by atoms with Crippen molar-refractivity contribution in [2.24, 2.45) is 5.41 Å². The highest BCUT2D eigenvalue weighted by Gasteiger charge is 2.50. The van der Waals surface area contributed by atoms with Crippen molar-refractivity contribution in [2.75, 3.05) is 30.9 Å². The standard InChI is InChI=1S/C36H44N3O10S2/c1-4-6-17-36(18-7-5-2)34(43)39(25-11-9-8-10-12-25)27-21-28(48-3)29(22-30(27)50-35(36)44)49-23-31(41)38-32(24-13-15-26(40)16-14-24)33(42)37-19-20-51(45,46)47/h8-16,21-22,32,40,50H,4-7,17-20,23H2,1-3H3,(H,37,42)(H,38,41)(H,45,46,47)/t32-/m1/s1. The van der Waals surface area contributed by atoms with Crippen LogP contribution in [0.3, 0.4) is 0 Å². The van der Waals surface area contributed by atoms with Gasteiger partial charge < -0.3 is 25.2 Å². The first-order valence-corrected chi connectivity index (χ1v) is 19.2. The Labute approximate surface area is 301 Å². The highest BCUT2D eigenvalue weighted by molar-refractivity contribution is 8.14. The summed E-state index contributed by atoms with van der Waals surface area (Å²) >= 11 is 0.291. The molecule has 3 amide bonds. The fourth-order valence-electron chi connectivity index (χ4n) is 5.77. The number of hydrogen-bond acceptors (Lipinski definition) is 9. The number of aromatic hydroxyl groups is 1. The Balaban J connectivity index is 1.65. The molecule has 4 N–H and O–H groups in total. The lowest BCUT2D eigenvalue weighted by Gasteiger charge is -2.34. The average molecular weight is 743 g/mol. The third kappa shape index (κ3) is 9.80. The lowest BCUT2D eigenvalue weighted by Crippen LogP contribution is -2.45. The van der Waals surface area contributed by atoms with Crippen LogP contribution in [0.4, 0.5) is 11.4 Å². The predicted octanol–water partition coefficient (Wildman–Crippen LogP) is 5.04. The zero-order valence-corrected chi connectivity index (χ0v) is 30.5. The van der Waals surface area contributed by atoms with Crippen molar-refractivity contribution in [2.45, 2.75) is 63.3 Å². The van der Waals surface area contributed by atoms with Gasteiger partial charge in [-0.2, -0.15) is 8.42 Å². The van der Waals surface area contributed by atoms with Crippen LogP contribution in [0.1, 0.15) is 64.0 Å². The van der Waals surface area contributed by atoms with E-state index < -0.39 is 52.3 Å². The maximum absolute atomic E-state index is 14.6. The zero-order chi connectivity index (χ0) is 37.2. The molecule has 0 saturated heterocycles. The third-order valence-corrected chi connectivity index (χ3v) is 10.4. The number of hydrogen-bond donors (Lipinski definition) is 5. The Morgan fingerprint density at radius 2 is 1.61 bits per heavy atom. The van der Waals surface area contributed by atoms with Gasteiger partial charge >= 0.3 is 0 Å². The summed E-state index contributed by atoms with van der Waals surface area (Å²) in [5, 5.41) is 14.4. The zero-order valence-electron chi connectivity index (χ0n) is 28.8. The molecule has 1 heterocycles. The van der Waals surface area contributed by atoms with Crippen LogP contribution >= 0.6 is 11.8 Å². The van der Waals surface area contributed by atoms with Crippen molar-refractivity contribution in [3.8, 4) is 17.2 Å². The molecule has 1 aliphatic heterocycles. The van der Waals surface area contributed by atoms with Crippen molar-refractivity contribution in [1.29, 1.82) is 0 Å². The Bertz CT molecular complexity index is 1810. The molecule has 275 valence electrons. The van der Waals surface area contributed by atoms with Crippen LogP contribution < -0.4 is 25.0 Å². The molecule has 15 heteroatoms. The van der Waals surface area contributed by atoms with Crippen LogP contribution in [0.25, 0.3) is 0 Å². The molecule has 0 aromatic heterocycles. The van der Waals surface area contributed by atoms with Gasteiger partial charge in [-0.25, -0.2) is 0 Å². The second kappa shape index (κ2) is 17.6. The van der Waals surface area contributed by atoms with Gasteiger partial charge in [0.05, 0.1) is 18.6 Å². The number of unbranched alkanes of at least 4 members (excludes halogenated alkanes) is 2. The molecule has 1 radical (unpaired) electrons.